The third-order valence-electron chi connectivity index (χ3n) is 2.48. The summed E-state index contributed by atoms with van der Waals surface area (Å²) in [5.74, 6) is 1.02. The Morgan fingerprint density at radius 2 is 2.29 bits per heavy atom. The average molecular weight is 239 g/mol. The molecule has 0 unspecified atom stereocenters. The molecule has 1 aromatic rings. The van der Waals surface area contributed by atoms with Gasteiger partial charge in [0.2, 0.25) is 5.89 Å². The Bertz CT molecular complexity index is 377. The topological polar surface area (TPSA) is 68.5 Å². The van der Waals surface area contributed by atoms with E-state index in [-0.39, 0.29) is 6.09 Å². The Balaban J connectivity index is 1.73. The molecular formula is C11H17N3O3. The van der Waals surface area contributed by atoms with Gasteiger partial charge in [-0.15, -0.1) is 0 Å². The molecule has 6 nitrogen and oxygen atoms in total. The molecule has 1 aliphatic rings. The van der Waals surface area contributed by atoms with Crippen LogP contribution in [0.3, 0.4) is 0 Å². The molecule has 1 aromatic heterocycles. The van der Waals surface area contributed by atoms with Crippen LogP contribution < -0.4 is 0 Å². The Hall–Kier alpha value is -1.59. The number of aromatic nitrogens is 2. The molecule has 0 aliphatic carbocycles. The van der Waals surface area contributed by atoms with Crippen molar-refractivity contribution in [2.75, 3.05) is 13.1 Å². The highest BCUT2D eigenvalue weighted by atomic mass is 16.6. The van der Waals surface area contributed by atoms with Crippen LogP contribution in [0.4, 0.5) is 4.79 Å². The summed E-state index contributed by atoms with van der Waals surface area (Å²) in [5.41, 5.74) is -0.436. The van der Waals surface area contributed by atoms with Crippen molar-refractivity contribution < 1.29 is 14.1 Å². The van der Waals surface area contributed by atoms with Gasteiger partial charge in [0.25, 0.3) is 0 Å². The molecule has 1 aliphatic heterocycles. The van der Waals surface area contributed by atoms with E-state index < -0.39 is 5.60 Å². The smallest absolute Gasteiger partial charge is 0.410 e. The minimum Gasteiger partial charge on any atom is -0.444 e. The van der Waals surface area contributed by atoms with Crippen molar-refractivity contribution in [3.05, 3.63) is 12.2 Å². The summed E-state index contributed by atoms with van der Waals surface area (Å²) < 4.78 is 10.2. The van der Waals surface area contributed by atoms with E-state index in [0.717, 1.165) is 6.42 Å². The van der Waals surface area contributed by atoms with Crippen molar-refractivity contribution in [1.82, 2.24) is 15.0 Å². The third-order valence-corrected chi connectivity index (χ3v) is 2.48. The second kappa shape index (κ2) is 4.35. The zero-order chi connectivity index (χ0) is 12.5. The van der Waals surface area contributed by atoms with Gasteiger partial charge in [0.1, 0.15) is 5.60 Å². The highest BCUT2D eigenvalue weighted by Crippen LogP contribution is 2.22. The molecule has 0 bridgehead atoms. The van der Waals surface area contributed by atoms with E-state index >= 15 is 0 Å². The van der Waals surface area contributed by atoms with Crippen molar-refractivity contribution in [2.45, 2.75) is 32.8 Å². The van der Waals surface area contributed by atoms with E-state index in [0.29, 0.717) is 24.9 Å². The van der Waals surface area contributed by atoms with E-state index in [9.17, 15) is 4.79 Å². The molecule has 2 rings (SSSR count). The van der Waals surface area contributed by atoms with Crippen LogP contribution in [0.5, 0.6) is 0 Å². The molecule has 17 heavy (non-hydrogen) atoms. The van der Waals surface area contributed by atoms with Crippen LogP contribution in [0.1, 0.15) is 26.7 Å². The highest BCUT2D eigenvalue weighted by Gasteiger charge is 2.34. The first-order valence-corrected chi connectivity index (χ1v) is 5.67. The number of carbonyl (C=O) groups is 1. The van der Waals surface area contributed by atoms with Gasteiger partial charge in [-0.25, -0.2) is 4.79 Å². The van der Waals surface area contributed by atoms with Crippen LogP contribution in [-0.4, -0.2) is 39.8 Å². The van der Waals surface area contributed by atoms with E-state index in [1.807, 2.05) is 20.8 Å². The third kappa shape index (κ3) is 3.18. The molecule has 0 saturated carbocycles. The molecular weight excluding hydrogens is 222 g/mol. The minimum absolute atomic E-state index is 0.251. The second-order valence-electron chi connectivity index (χ2n) is 5.29. The molecule has 94 valence electrons. The van der Waals surface area contributed by atoms with Gasteiger partial charge in [-0.05, 0) is 20.8 Å². The number of amides is 1. The number of ether oxygens (including phenoxy) is 1. The fraction of sp³-hybridized carbons (Fsp3) is 0.727. The average Bonchev–Trinajstić information content (AvgIpc) is 2.59. The minimum atomic E-state index is -0.436. The monoisotopic (exact) mass is 239 g/mol. The fourth-order valence-corrected chi connectivity index (χ4v) is 1.71. The first kappa shape index (κ1) is 11.9. The second-order valence-corrected chi connectivity index (χ2v) is 5.29. The number of carbonyl (C=O) groups excluding carboxylic acids is 1. The van der Waals surface area contributed by atoms with Crippen molar-refractivity contribution in [3.63, 3.8) is 0 Å². The van der Waals surface area contributed by atoms with Gasteiger partial charge in [-0.1, -0.05) is 5.16 Å². The number of likely N-dealkylation sites (tertiary alicyclic amines) is 1. The van der Waals surface area contributed by atoms with Crippen LogP contribution in [0.15, 0.2) is 10.9 Å². The molecule has 1 fully saturated rings. The van der Waals surface area contributed by atoms with E-state index in [4.69, 9.17) is 9.26 Å². The normalized spacial score (nSPS) is 16.8. The molecule has 1 saturated heterocycles. The van der Waals surface area contributed by atoms with Crippen LogP contribution in [-0.2, 0) is 11.2 Å². The van der Waals surface area contributed by atoms with Gasteiger partial charge < -0.3 is 14.2 Å². The summed E-state index contributed by atoms with van der Waals surface area (Å²) in [4.78, 5) is 17.3. The summed E-state index contributed by atoms with van der Waals surface area (Å²) in [6, 6.07) is 0. The van der Waals surface area contributed by atoms with Gasteiger partial charge in [0, 0.05) is 25.4 Å². The van der Waals surface area contributed by atoms with Gasteiger partial charge in [0.15, 0.2) is 6.33 Å². The molecule has 2 heterocycles. The first-order valence-electron chi connectivity index (χ1n) is 5.67. The van der Waals surface area contributed by atoms with E-state index in [1.165, 1.54) is 6.33 Å². The Labute approximate surface area is 99.9 Å². The maximum atomic E-state index is 11.6. The van der Waals surface area contributed by atoms with E-state index in [2.05, 4.69) is 10.1 Å². The summed E-state index contributed by atoms with van der Waals surface area (Å²) in [6.07, 6.45) is 1.86. The summed E-state index contributed by atoms with van der Waals surface area (Å²) in [5, 5.41) is 3.54. The molecule has 0 N–H and O–H groups in total. The van der Waals surface area contributed by atoms with Crippen molar-refractivity contribution in [2.24, 2.45) is 5.92 Å². The van der Waals surface area contributed by atoms with Crippen LogP contribution in [0.2, 0.25) is 0 Å². The van der Waals surface area contributed by atoms with Crippen LogP contribution in [0, 0.1) is 5.92 Å². The molecule has 0 radical (unpaired) electrons. The largest absolute Gasteiger partial charge is 0.444 e. The number of rotatable bonds is 2. The quantitative estimate of drug-likeness (QED) is 0.781. The zero-order valence-corrected chi connectivity index (χ0v) is 10.3. The maximum absolute atomic E-state index is 11.6. The number of nitrogens with zero attached hydrogens (tertiary/aromatic N) is 3. The molecule has 0 spiro atoms. The van der Waals surface area contributed by atoms with Gasteiger partial charge in [0.05, 0.1) is 0 Å². The summed E-state index contributed by atoms with van der Waals surface area (Å²) in [6.45, 7) is 6.97. The SMILES string of the molecule is CC(C)(C)OC(=O)N1CC(Cc2ncno2)C1. The van der Waals surface area contributed by atoms with Crippen molar-refractivity contribution in [3.8, 4) is 0 Å². The maximum Gasteiger partial charge on any atom is 0.410 e. The lowest BCUT2D eigenvalue weighted by molar-refractivity contribution is -0.00186. The van der Waals surface area contributed by atoms with Crippen LogP contribution >= 0.6 is 0 Å². The zero-order valence-electron chi connectivity index (χ0n) is 10.3. The standard InChI is InChI=1S/C11H17N3O3/c1-11(2,3)16-10(15)14-5-8(6-14)4-9-12-7-13-17-9/h7-8H,4-6H2,1-3H3. The predicted octanol–water partition coefficient (Wildman–Crippen LogP) is 1.48. The molecule has 6 heteroatoms. The lowest BCUT2D eigenvalue weighted by Crippen LogP contribution is -2.52. The highest BCUT2D eigenvalue weighted by molar-refractivity contribution is 5.69. The van der Waals surface area contributed by atoms with Crippen molar-refractivity contribution >= 4 is 6.09 Å². The van der Waals surface area contributed by atoms with Crippen molar-refractivity contribution in [1.29, 1.82) is 0 Å². The van der Waals surface area contributed by atoms with Gasteiger partial charge in [-0.2, -0.15) is 4.98 Å². The summed E-state index contributed by atoms with van der Waals surface area (Å²) in [7, 11) is 0. The van der Waals surface area contributed by atoms with E-state index in [1.54, 1.807) is 4.90 Å². The predicted molar refractivity (Wildman–Crippen MR) is 59.3 cm³/mol. The Morgan fingerprint density at radius 1 is 1.59 bits per heavy atom. The first-order chi connectivity index (χ1) is 7.94. The lowest BCUT2D eigenvalue weighted by Gasteiger charge is -2.39. The number of hydrogen-bond acceptors (Lipinski definition) is 5. The lowest BCUT2D eigenvalue weighted by atomic mass is 9.97. The molecule has 0 atom stereocenters. The van der Waals surface area contributed by atoms with Gasteiger partial charge >= 0.3 is 6.09 Å². The van der Waals surface area contributed by atoms with Crippen LogP contribution in [0.25, 0.3) is 0 Å². The fourth-order valence-electron chi connectivity index (χ4n) is 1.71. The number of hydrogen-bond donors (Lipinski definition) is 0. The Morgan fingerprint density at radius 3 is 2.82 bits per heavy atom. The van der Waals surface area contributed by atoms with Gasteiger partial charge in [-0.3, -0.25) is 0 Å². The molecule has 1 amide bonds. The Kier molecular flexibility index (Phi) is 3.04. The summed E-state index contributed by atoms with van der Waals surface area (Å²) >= 11 is 0. The molecule has 0 aromatic carbocycles.